The highest BCUT2D eigenvalue weighted by Crippen LogP contribution is 2.21. The molecule has 1 aromatic rings. The van der Waals surface area contributed by atoms with Crippen molar-refractivity contribution in [3.8, 4) is 0 Å². The maximum absolute atomic E-state index is 12.3. The van der Waals surface area contributed by atoms with Crippen LogP contribution in [-0.2, 0) is 20.3 Å². The lowest BCUT2D eigenvalue weighted by atomic mass is 10.2. The summed E-state index contributed by atoms with van der Waals surface area (Å²) in [6.07, 6.45) is 4.54. The lowest BCUT2D eigenvalue weighted by Gasteiger charge is -2.11. The molecular weight excluding hydrogens is 387 g/mol. The van der Waals surface area contributed by atoms with Gasteiger partial charge in [-0.05, 0) is 60.9 Å². The van der Waals surface area contributed by atoms with Crippen molar-refractivity contribution < 1.29 is 13.7 Å². The molecule has 0 radical (unpaired) electrons. The minimum Gasteiger partial charge on any atom is -0.356 e. The van der Waals surface area contributed by atoms with Gasteiger partial charge < -0.3 is 9.47 Å². The van der Waals surface area contributed by atoms with E-state index in [1.54, 1.807) is 14.2 Å². The van der Waals surface area contributed by atoms with Gasteiger partial charge >= 0.3 is 0 Å². The van der Waals surface area contributed by atoms with Crippen molar-refractivity contribution in [2.45, 2.75) is 37.4 Å². The quantitative estimate of drug-likeness (QED) is 0.368. The van der Waals surface area contributed by atoms with Crippen molar-refractivity contribution in [3.63, 3.8) is 0 Å². The summed E-state index contributed by atoms with van der Waals surface area (Å²) >= 11 is 2.15. The first-order chi connectivity index (χ1) is 9.58. The van der Waals surface area contributed by atoms with Crippen molar-refractivity contribution in [2.75, 3.05) is 14.2 Å². The lowest BCUT2D eigenvalue weighted by Crippen LogP contribution is -2.12. The van der Waals surface area contributed by atoms with E-state index in [1.165, 1.54) is 5.56 Å². The second-order valence-electron chi connectivity index (χ2n) is 4.42. The average Bonchev–Trinajstić information content (AvgIpc) is 2.47. The van der Waals surface area contributed by atoms with Gasteiger partial charge in [-0.1, -0.05) is 23.8 Å². The fraction of sp³-hybridized carbons (Fsp3) is 0.467. The molecule has 1 aromatic carbocycles. The van der Waals surface area contributed by atoms with E-state index >= 15 is 0 Å². The molecule has 1 unspecified atom stereocenters. The molecule has 0 aliphatic carbocycles. The van der Waals surface area contributed by atoms with E-state index in [0.717, 1.165) is 27.1 Å². The number of benzene rings is 1. The molecule has 5 heteroatoms. The number of unbranched alkanes of at least 4 members (excludes halogenated alkanes) is 1. The van der Waals surface area contributed by atoms with Gasteiger partial charge in [-0.15, -0.1) is 0 Å². The first-order valence-corrected chi connectivity index (χ1v) is 8.71. The second kappa shape index (κ2) is 9.65. The van der Waals surface area contributed by atoms with E-state index < -0.39 is 10.8 Å². The number of rotatable bonds is 8. The Morgan fingerprint density at radius 2 is 1.90 bits per heavy atom. The van der Waals surface area contributed by atoms with Crippen LogP contribution in [0, 0.1) is 6.92 Å². The SMILES string of the molecule is COC(CCC/C=C(\I)S(=O)c1ccc(C)cc1)OC. The Balaban J connectivity index is 2.48. The molecule has 0 bridgehead atoms. The average molecular weight is 408 g/mol. The summed E-state index contributed by atoms with van der Waals surface area (Å²) in [5.41, 5.74) is 1.18. The molecule has 1 atom stereocenters. The highest BCUT2D eigenvalue weighted by molar-refractivity contribution is 14.1. The van der Waals surface area contributed by atoms with Gasteiger partial charge in [0.2, 0.25) is 0 Å². The van der Waals surface area contributed by atoms with Crippen LogP contribution in [0.2, 0.25) is 0 Å². The van der Waals surface area contributed by atoms with Gasteiger partial charge in [-0.3, -0.25) is 0 Å². The normalized spacial score (nSPS) is 13.8. The number of methoxy groups -OCH3 is 2. The Kier molecular flexibility index (Phi) is 8.60. The van der Waals surface area contributed by atoms with Gasteiger partial charge in [0, 0.05) is 19.1 Å². The molecular formula is C15H21IO3S. The molecule has 0 aromatic heterocycles. The van der Waals surface area contributed by atoms with Crippen LogP contribution in [0.5, 0.6) is 0 Å². The number of hydrogen-bond acceptors (Lipinski definition) is 3. The van der Waals surface area contributed by atoms with Crippen molar-refractivity contribution in [1.29, 1.82) is 0 Å². The second-order valence-corrected chi connectivity index (χ2v) is 7.76. The summed E-state index contributed by atoms with van der Waals surface area (Å²) < 4.78 is 23.4. The monoisotopic (exact) mass is 408 g/mol. The van der Waals surface area contributed by atoms with Gasteiger partial charge in [-0.2, -0.15) is 0 Å². The first kappa shape index (κ1) is 17.8. The maximum Gasteiger partial charge on any atom is 0.156 e. The largest absolute Gasteiger partial charge is 0.356 e. The van der Waals surface area contributed by atoms with E-state index in [4.69, 9.17) is 9.47 Å². The lowest BCUT2D eigenvalue weighted by molar-refractivity contribution is -0.106. The summed E-state index contributed by atoms with van der Waals surface area (Å²) in [6.45, 7) is 2.02. The Bertz CT molecular complexity index is 453. The van der Waals surface area contributed by atoms with E-state index in [1.807, 2.05) is 37.3 Å². The molecule has 0 saturated carbocycles. The standard InChI is InChI=1S/C15H21IO3S/c1-12-8-10-13(11-9-12)20(17)14(16)6-4-5-7-15(18-2)19-3/h6,8-11,15H,4-5,7H2,1-3H3/b14-6+. The molecule has 0 aliphatic rings. The predicted octanol–water partition coefficient (Wildman–Crippen LogP) is 4.17. The van der Waals surface area contributed by atoms with Crippen molar-refractivity contribution in [3.05, 3.63) is 38.8 Å². The van der Waals surface area contributed by atoms with Crippen LogP contribution in [0.15, 0.2) is 38.1 Å². The minimum absolute atomic E-state index is 0.149. The third-order valence-electron chi connectivity index (χ3n) is 2.89. The summed E-state index contributed by atoms with van der Waals surface area (Å²) in [6, 6.07) is 7.81. The summed E-state index contributed by atoms with van der Waals surface area (Å²) in [4.78, 5) is 0.850. The van der Waals surface area contributed by atoms with Crippen LogP contribution >= 0.6 is 22.6 Å². The van der Waals surface area contributed by atoms with Crippen LogP contribution in [0.3, 0.4) is 0 Å². The molecule has 0 fully saturated rings. The Morgan fingerprint density at radius 1 is 1.30 bits per heavy atom. The van der Waals surface area contributed by atoms with E-state index in [9.17, 15) is 4.21 Å². The number of aryl methyl sites for hydroxylation is 1. The highest BCUT2D eigenvalue weighted by atomic mass is 127. The molecule has 0 aliphatic heterocycles. The van der Waals surface area contributed by atoms with Gasteiger partial charge in [0.1, 0.15) is 0 Å². The zero-order chi connectivity index (χ0) is 15.0. The predicted molar refractivity (Wildman–Crippen MR) is 91.3 cm³/mol. The van der Waals surface area contributed by atoms with Gasteiger partial charge in [0.15, 0.2) is 6.29 Å². The smallest absolute Gasteiger partial charge is 0.156 e. The zero-order valence-corrected chi connectivity index (χ0v) is 15.1. The molecule has 3 nitrogen and oxygen atoms in total. The molecule has 112 valence electrons. The number of halogens is 1. The Morgan fingerprint density at radius 3 is 2.45 bits per heavy atom. The van der Waals surface area contributed by atoms with E-state index in [2.05, 4.69) is 22.6 Å². The van der Waals surface area contributed by atoms with Crippen LogP contribution in [-0.4, -0.2) is 24.7 Å². The third-order valence-corrected chi connectivity index (χ3v) is 5.75. The fourth-order valence-electron chi connectivity index (χ4n) is 1.68. The number of hydrogen-bond donors (Lipinski definition) is 0. The van der Waals surface area contributed by atoms with E-state index in [0.29, 0.717) is 0 Å². The fourth-order valence-corrected chi connectivity index (χ4v) is 3.63. The molecule has 0 saturated heterocycles. The molecule has 1 rings (SSSR count). The van der Waals surface area contributed by atoms with Crippen molar-refractivity contribution in [1.82, 2.24) is 0 Å². The van der Waals surface area contributed by atoms with Crippen LogP contribution in [0.4, 0.5) is 0 Å². The molecule has 0 spiro atoms. The van der Waals surface area contributed by atoms with Gasteiger partial charge in [0.05, 0.1) is 13.7 Å². The van der Waals surface area contributed by atoms with Crippen LogP contribution < -0.4 is 0 Å². The molecule has 0 amide bonds. The summed E-state index contributed by atoms with van der Waals surface area (Å²) in [7, 11) is 2.21. The first-order valence-electron chi connectivity index (χ1n) is 6.48. The molecule has 0 N–H and O–H groups in total. The van der Waals surface area contributed by atoms with Crippen molar-refractivity contribution >= 4 is 33.4 Å². The number of ether oxygens (including phenoxy) is 2. The zero-order valence-electron chi connectivity index (χ0n) is 12.1. The molecule has 0 heterocycles. The van der Waals surface area contributed by atoms with Crippen molar-refractivity contribution in [2.24, 2.45) is 0 Å². The molecule has 20 heavy (non-hydrogen) atoms. The Labute approximate surface area is 137 Å². The topological polar surface area (TPSA) is 35.5 Å². The van der Waals surface area contributed by atoms with Gasteiger partial charge in [-0.25, -0.2) is 4.21 Å². The highest BCUT2D eigenvalue weighted by Gasteiger charge is 2.08. The van der Waals surface area contributed by atoms with Crippen LogP contribution in [0.1, 0.15) is 24.8 Å². The maximum atomic E-state index is 12.3. The number of allylic oxidation sites excluding steroid dienone is 1. The summed E-state index contributed by atoms with van der Waals surface area (Å²) in [5, 5.41) is 0. The van der Waals surface area contributed by atoms with Gasteiger partial charge in [0.25, 0.3) is 0 Å². The van der Waals surface area contributed by atoms with E-state index in [-0.39, 0.29) is 6.29 Å². The minimum atomic E-state index is -1.07. The Hall–Kier alpha value is -0.240. The third kappa shape index (κ3) is 6.03. The summed E-state index contributed by atoms with van der Waals surface area (Å²) in [5.74, 6) is 0. The van der Waals surface area contributed by atoms with Crippen LogP contribution in [0.25, 0.3) is 0 Å².